The van der Waals surface area contributed by atoms with Gasteiger partial charge in [-0.3, -0.25) is 14.5 Å². The summed E-state index contributed by atoms with van der Waals surface area (Å²) in [7, 11) is 1.31. The van der Waals surface area contributed by atoms with Crippen LogP contribution in [-0.4, -0.2) is 42.6 Å². The molecule has 2 aliphatic heterocycles. The van der Waals surface area contributed by atoms with Crippen molar-refractivity contribution < 1.29 is 28.6 Å². The highest BCUT2D eigenvalue weighted by Gasteiger charge is 2.34. The van der Waals surface area contributed by atoms with Crippen LogP contribution in [0.1, 0.15) is 15.9 Å². The minimum atomic E-state index is -0.434. The number of esters is 1. The van der Waals surface area contributed by atoms with Crippen molar-refractivity contribution in [2.24, 2.45) is 0 Å². The lowest BCUT2D eigenvalue weighted by Crippen LogP contribution is -2.33. The van der Waals surface area contributed by atoms with Gasteiger partial charge >= 0.3 is 5.97 Å². The van der Waals surface area contributed by atoms with Gasteiger partial charge in [0.2, 0.25) is 6.79 Å². The zero-order valence-electron chi connectivity index (χ0n) is 15.3. The molecule has 1 fully saturated rings. The predicted octanol–water partition coefficient (Wildman–Crippen LogP) is 3.31. The predicted molar refractivity (Wildman–Crippen MR) is 107 cm³/mol. The number of thioether (sulfide) groups is 1. The maximum atomic E-state index is 12.6. The molecular weight excluding hydrogens is 396 g/mol. The molecule has 148 valence electrons. The Balaban J connectivity index is 1.42. The van der Waals surface area contributed by atoms with E-state index < -0.39 is 5.97 Å². The van der Waals surface area contributed by atoms with Crippen LogP contribution >= 0.6 is 11.8 Å². The number of hydrogen-bond donors (Lipinski definition) is 1. The van der Waals surface area contributed by atoms with Crippen molar-refractivity contribution in [3.8, 4) is 11.5 Å². The average Bonchev–Trinajstić information content (AvgIpc) is 3.30. The van der Waals surface area contributed by atoms with E-state index in [9.17, 15) is 14.4 Å². The van der Waals surface area contributed by atoms with Gasteiger partial charge in [-0.15, -0.1) is 0 Å². The summed E-state index contributed by atoms with van der Waals surface area (Å²) < 4.78 is 15.2. The van der Waals surface area contributed by atoms with E-state index in [-0.39, 0.29) is 24.6 Å². The highest BCUT2D eigenvalue weighted by Crippen LogP contribution is 2.36. The quantitative estimate of drug-likeness (QED) is 0.591. The Morgan fingerprint density at radius 2 is 1.93 bits per heavy atom. The van der Waals surface area contributed by atoms with Crippen molar-refractivity contribution in [1.82, 2.24) is 4.90 Å². The number of rotatable bonds is 5. The van der Waals surface area contributed by atoms with Crippen molar-refractivity contribution in [3.63, 3.8) is 0 Å². The van der Waals surface area contributed by atoms with E-state index in [2.05, 4.69) is 10.1 Å². The molecule has 0 aromatic heterocycles. The first-order valence-electron chi connectivity index (χ1n) is 8.62. The highest BCUT2D eigenvalue weighted by atomic mass is 32.2. The number of amides is 2. The number of carbonyl (C=O) groups is 3. The monoisotopic (exact) mass is 412 g/mol. The molecule has 29 heavy (non-hydrogen) atoms. The molecule has 0 bridgehead atoms. The van der Waals surface area contributed by atoms with Crippen LogP contribution in [0.15, 0.2) is 47.4 Å². The van der Waals surface area contributed by atoms with E-state index >= 15 is 0 Å². The summed E-state index contributed by atoms with van der Waals surface area (Å²) in [6, 6.07) is 11.9. The molecule has 0 unspecified atom stereocenters. The van der Waals surface area contributed by atoms with Crippen molar-refractivity contribution in [1.29, 1.82) is 0 Å². The molecule has 8 nitrogen and oxygen atoms in total. The smallest absolute Gasteiger partial charge is 0.337 e. The van der Waals surface area contributed by atoms with Crippen LogP contribution in [0.25, 0.3) is 6.08 Å². The van der Waals surface area contributed by atoms with Crippen LogP contribution in [0.5, 0.6) is 11.5 Å². The molecule has 1 saturated heterocycles. The average molecular weight is 412 g/mol. The Kier molecular flexibility index (Phi) is 5.13. The molecule has 2 heterocycles. The fourth-order valence-electron chi connectivity index (χ4n) is 2.80. The number of hydrogen-bond acceptors (Lipinski definition) is 8. The van der Waals surface area contributed by atoms with Crippen molar-refractivity contribution in [2.75, 3.05) is 25.9 Å². The number of carbonyl (C=O) groups excluding carboxylic acids is 3. The van der Waals surface area contributed by atoms with E-state index in [1.807, 2.05) is 0 Å². The Labute approximate surface area is 170 Å². The molecule has 0 atom stereocenters. The first-order chi connectivity index (χ1) is 14.0. The maximum absolute atomic E-state index is 12.6. The SMILES string of the molecule is COC(=O)c1ccc(NCN2C(=O)SC(=Cc3ccc4c(c3)OCO4)C2=O)cc1. The second-order valence-corrected chi connectivity index (χ2v) is 7.12. The number of ether oxygens (including phenoxy) is 3. The molecule has 0 aliphatic carbocycles. The minimum Gasteiger partial charge on any atom is -0.465 e. The third-order valence-electron chi connectivity index (χ3n) is 4.32. The number of benzene rings is 2. The van der Waals surface area contributed by atoms with E-state index in [4.69, 9.17) is 9.47 Å². The normalized spacial score (nSPS) is 16.4. The van der Waals surface area contributed by atoms with Gasteiger partial charge in [0.1, 0.15) is 0 Å². The molecule has 9 heteroatoms. The molecule has 0 radical (unpaired) electrons. The summed E-state index contributed by atoms with van der Waals surface area (Å²) in [5.74, 6) is 0.445. The second-order valence-electron chi connectivity index (χ2n) is 6.13. The Morgan fingerprint density at radius 1 is 1.17 bits per heavy atom. The number of anilines is 1. The fourth-order valence-corrected chi connectivity index (χ4v) is 3.64. The third-order valence-corrected chi connectivity index (χ3v) is 5.22. The van der Waals surface area contributed by atoms with Gasteiger partial charge in [-0.25, -0.2) is 4.79 Å². The molecule has 2 aromatic carbocycles. The molecule has 1 N–H and O–H groups in total. The lowest BCUT2D eigenvalue weighted by atomic mass is 10.2. The summed E-state index contributed by atoms with van der Waals surface area (Å²) >= 11 is 0.880. The lowest BCUT2D eigenvalue weighted by molar-refractivity contribution is -0.122. The zero-order valence-corrected chi connectivity index (χ0v) is 16.2. The molecular formula is C20H16N2O6S. The number of imide groups is 1. The zero-order chi connectivity index (χ0) is 20.4. The molecule has 2 aromatic rings. The van der Waals surface area contributed by atoms with Gasteiger partial charge < -0.3 is 19.5 Å². The summed E-state index contributed by atoms with van der Waals surface area (Å²) in [5.41, 5.74) is 1.82. The topological polar surface area (TPSA) is 94.2 Å². The van der Waals surface area contributed by atoms with Crippen LogP contribution in [0, 0.1) is 0 Å². The van der Waals surface area contributed by atoms with Gasteiger partial charge in [-0.05, 0) is 59.8 Å². The second kappa shape index (κ2) is 7.88. The van der Waals surface area contributed by atoms with Crippen LogP contribution in [-0.2, 0) is 9.53 Å². The third kappa shape index (κ3) is 3.90. The number of methoxy groups -OCH3 is 1. The first-order valence-corrected chi connectivity index (χ1v) is 9.44. The van der Waals surface area contributed by atoms with Crippen molar-refractivity contribution in [3.05, 3.63) is 58.5 Å². The van der Waals surface area contributed by atoms with Crippen LogP contribution in [0.4, 0.5) is 10.5 Å². The maximum Gasteiger partial charge on any atom is 0.337 e. The van der Waals surface area contributed by atoms with Gasteiger partial charge in [0.25, 0.3) is 11.1 Å². The van der Waals surface area contributed by atoms with Crippen LogP contribution < -0.4 is 14.8 Å². The lowest BCUT2D eigenvalue weighted by Gasteiger charge is -2.14. The van der Waals surface area contributed by atoms with Gasteiger partial charge in [-0.2, -0.15) is 0 Å². The number of nitrogens with zero attached hydrogens (tertiary/aromatic N) is 1. The molecule has 4 rings (SSSR count). The minimum absolute atomic E-state index is 0.0146. The summed E-state index contributed by atoms with van der Waals surface area (Å²) in [6.07, 6.45) is 1.65. The molecule has 2 aliphatic rings. The fraction of sp³-hybridized carbons (Fsp3) is 0.150. The Hall–Kier alpha value is -3.46. The number of fused-ring (bicyclic) bond motifs is 1. The van der Waals surface area contributed by atoms with Gasteiger partial charge in [0.15, 0.2) is 11.5 Å². The van der Waals surface area contributed by atoms with E-state index in [1.165, 1.54) is 7.11 Å². The van der Waals surface area contributed by atoms with Gasteiger partial charge in [-0.1, -0.05) is 6.07 Å². The van der Waals surface area contributed by atoms with Gasteiger partial charge in [0, 0.05) is 5.69 Å². The van der Waals surface area contributed by atoms with E-state index in [0.29, 0.717) is 27.7 Å². The van der Waals surface area contributed by atoms with E-state index in [1.54, 1.807) is 48.5 Å². The summed E-state index contributed by atoms with van der Waals surface area (Å²) in [6.45, 7) is 0.183. The Morgan fingerprint density at radius 3 is 2.69 bits per heavy atom. The van der Waals surface area contributed by atoms with E-state index in [0.717, 1.165) is 22.2 Å². The molecule has 0 spiro atoms. The van der Waals surface area contributed by atoms with Gasteiger partial charge in [0.05, 0.1) is 24.2 Å². The first kappa shape index (κ1) is 18.9. The summed E-state index contributed by atoms with van der Waals surface area (Å²) in [4.78, 5) is 37.8. The largest absolute Gasteiger partial charge is 0.465 e. The van der Waals surface area contributed by atoms with Crippen molar-refractivity contribution in [2.45, 2.75) is 0 Å². The standard InChI is InChI=1S/C20H16N2O6S/c1-26-19(24)13-3-5-14(6-4-13)21-10-22-18(23)17(29-20(22)25)9-12-2-7-15-16(8-12)28-11-27-15/h2-9,21H,10-11H2,1H3. The molecule has 2 amide bonds. The highest BCUT2D eigenvalue weighted by molar-refractivity contribution is 8.18. The summed E-state index contributed by atoms with van der Waals surface area (Å²) in [5, 5.41) is 2.64. The van der Waals surface area contributed by atoms with Crippen LogP contribution in [0.3, 0.4) is 0 Å². The number of nitrogens with one attached hydrogen (secondary N) is 1. The molecule has 0 saturated carbocycles. The Bertz CT molecular complexity index is 1020. The van der Waals surface area contributed by atoms with Crippen molar-refractivity contribution >= 4 is 40.6 Å². The van der Waals surface area contributed by atoms with Crippen LogP contribution in [0.2, 0.25) is 0 Å².